The van der Waals surface area contributed by atoms with Gasteiger partial charge in [0.25, 0.3) is 5.91 Å². The highest BCUT2D eigenvalue weighted by Gasteiger charge is 2.21. The number of hydrogen-bond donors (Lipinski definition) is 1. The molecular weight excluding hydrogens is 385 g/mol. The van der Waals surface area contributed by atoms with Crippen molar-refractivity contribution in [2.75, 3.05) is 11.9 Å². The fourth-order valence-corrected chi connectivity index (χ4v) is 2.86. The maximum absolute atomic E-state index is 12.2. The van der Waals surface area contributed by atoms with E-state index in [9.17, 15) is 9.59 Å². The zero-order chi connectivity index (χ0) is 18.4. The van der Waals surface area contributed by atoms with E-state index in [-0.39, 0.29) is 15.1 Å². The van der Waals surface area contributed by atoms with Crippen LogP contribution in [-0.2, 0) is 14.3 Å². The van der Waals surface area contributed by atoms with E-state index in [1.807, 2.05) is 37.3 Å². The third-order valence-corrected chi connectivity index (χ3v) is 4.56. The zero-order valence-electron chi connectivity index (χ0n) is 13.4. The summed E-state index contributed by atoms with van der Waals surface area (Å²) in [4.78, 5) is 24.2. The van der Waals surface area contributed by atoms with Gasteiger partial charge in [0.1, 0.15) is 0 Å². The van der Waals surface area contributed by atoms with E-state index in [1.54, 1.807) is 0 Å². The molecule has 0 aliphatic heterocycles. The molecule has 0 fully saturated rings. The van der Waals surface area contributed by atoms with Gasteiger partial charge >= 0.3 is 5.97 Å². The number of esters is 1. The molecule has 0 bridgehead atoms. The predicted molar refractivity (Wildman–Crippen MR) is 101 cm³/mol. The van der Waals surface area contributed by atoms with Crippen molar-refractivity contribution < 1.29 is 14.3 Å². The zero-order valence-corrected chi connectivity index (χ0v) is 15.7. The molecule has 7 heteroatoms. The van der Waals surface area contributed by atoms with Crippen molar-refractivity contribution in [1.29, 1.82) is 0 Å². The van der Waals surface area contributed by atoms with Crippen LogP contribution in [0.2, 0.25) is 15.1 Å². The van der Waals surface area contributed by atoms with Crippen LogP contribution in [-0.4, -0.2) is 18.5 Å². The van der Waals surface area contributed by atoms with Gasteiger partial charge in [-0.2, -0.15) is 0 Å². The fourth-order valence-electron chi connectivity index (χ4n) is 2.27. The van der Waals surface area contributed by atoms with Crippen LogP contribution < -0.4 is 5.32 Å². The van der Waals surface area contributed by atoms with E-state index in [1.165, 1.54) is 12.1 Å². The molecule has 0 spiro atoms. The maximum atomic E-state index is 12.2. The fraction of sp³-hybridized carbons (Fsp3) is 0.222. The highest BCUT2D eigenvalue weighted by molar-refractivity contribution is 6.44. The van der Waals surface area contributed by atoms with Crippen molar-refractivity contribution in [3.8, 4) is 0 Å². The van der Waals surface area contributed by atoms with Crippen LogP contribution in [0.4, 0.5) is 5.69 Å². The number of benzene rings is 2. The van der Waals surface area contributed by atoms with Crippen molar-refractivity contribution in [2.24, 2.45) is 0 Å². The average molecular weight is 401 g/mol. The van der Waals surface area contributed by atoms with Crippen molar-refractivity contribution in [1.82, 2.24) is 0 Å². The van der Waals surface area contributed by atoms with Crippen molar-refractivity contribution in [2.45, 2.75) is 19.3 Å². The summed E-state index contributed by atoms with van der Waals surface area (Å²) >= 11 is 17.7. The van der Waals surface area contributed by atoms with E-state index in [0.29, 0.717) is 12.1 Å². The third kappa shape index (κ3) is 5.36. The van der Waals surface area contributed by atoms with Crippen molar-refractivity contribution in [3.05, 3.63) is 63.1 Å². The number of carbonyl (C=O) groups excluding carboxylic acids is 2. The number of ether oxygens (including phenoxy) is 1. The molecule has 0 radical (unpaired) electrons. The molecule has 0 saturated carbocycles. The first-order chi connectivity index (χ1) is 11.9. The molecule has 1 atom stereocenters. The lowest BCUT2D eigenvalue weighted by atomic mass is 9.97. The predicted octanol–water partition coefficient (Wildman–Crippen LogP) is 5.32. The Balaban J connectivity index is 1.95. The van der Waals surface area contributed by atoms with Gasteiger partial charge in [0, 0.05) is 0 Å². The van der Waals surface area contributed by atoms with Crippen LogP contribution in [0, 0.1) is 0 Å². The Hall–Kier alpha value is -1.75. The lowest BCUT2D eigenvalue weighted by Crippen LogP contribution is -2.24. The summed E-state index contributed by atoms with van der Waals surface area (Å²) in [5, 5.41) is 3.32. The Morgan fingerprint density at radius 3 is 2.32 bits per heavy atom. The topological polar surface area (TPSA) is 55.4 Å². The van der Waals surface area contributed by atoms with E-state index >= 15 is 0 Å². The van der Waals surface area contributed by atoms with Gasteiger partial charge in [0.2, 0.25) is 0 Å². The molecule has 0 aromatic heterocycles. The van der Waals surface area contributed by atoms with Crippen LogP contribution in [0.3, 0.4) is 0 Å². The standard InChI is InChI=1S/C18H16Cl3NO3/c1-2-12(11-6-4-3-5-7-11)18(24)25-10-17(23)22-16-9-14(20)13(19)8-15(16)21/h3-9,12H,2,10H2,1H3,(H,22,23)/t12-/m0/s1. The molecule has 0 aliphatic rings. The largest absolute Gasteiger partial charge is 0.455 e. The minimum Gasteiger partial charge on any atom is -0.455 e. The van der Waals surface area contributed by atoms with Gasteiger partial charge < -0.3 is 10.1 Å². The van der Waals surface area contributed by atoms with E-state index in [0.717, 1.165) is 5.56 Å². The molecule has 1 N–H and O–H groups in total. The van der Waals surface area contributed by atoms with Crippen LogP contribution >= 0.6 is 34.8 Å². The second-order valence-corrected chi connectivity index (χ2v) is 6.50. The van der Waals surface area contributed by atoms with Gasteiger partial charge in [-0.1, -0.05) is 72.1 Å². The molecule has 1 amide bonds. The van der Waals surface area contributed by atoms with Gasteiger partial charge in [-0.05, 0) is 24.1 Å². The maximum Gasteiger partial charge on any atom is 0.313 e. The number of halogens is 3. The Kier molecular flexibility index (Phi) is 7.12. The first-order valence-electron chi connectivity index (χ1n) is 7.58. The van der Waals surface area contributed by atoms with Crippen LogP contribution in [0.15, 0.2) is 42.5 Å². The third-order valence-electron chi connectivity index (χ3n) is 3.52. The van der Waals surface area contributed by atoms with Gasteiger partial charge in [0.05, 0.1) is 26.7 Å². The molecule has 2 aromatic carbocycles. The summed E-state index contributed by atoms with van der Waals surface area (Å²) in [5.74, 6) is -1.39. The Morgan fingerprint density at radius 1 is 1.04 bits per heavy atom. The van der Waals surface area contributed by atoms with Crippen LogP contribution in [0.5, 0.6) is 0 Å². The minimum absolute atomic E-state index is 0.241. The number of amides is 1. The number of rotatable bonds is 6. The van der Waals surface area contributed by atoms with E-state index in [4.69, 9.17) is 39.5 Å². The molecule has 25 heavy (non-hydrogen) atoms. The molecule has 0 heterocycles. The number of anilines is 1. The smallest absolute Gasteiger partial charge is 0.313 e. The second-order valence-electron chi connectivity index (χ2n) is 5.27. The van der Waals surface area contributed by atoms with E-state index < -0.39 is 24.4 Å². The second kappa shape index (κ2) is 9.09. The Labute approximate surface area is 161 Å². The van der Waals surface area contributed by atoms with Crippen molar-refractivity contribution in [3.63, 3.8) is 0 Å². The molecule has 4 nitrogen and oxygen atoms in total. The molecule has 0 unspecified atom stereocenters. The quantitative estimate of drug-likeness (QED) is 0.527. The molecule has 132 valence electrons. The minimum atomic E-state index is -0.517. The van der Waals surface area contributed by atoms with Crippen LogP contribution in [0.25, 0.3) is 0 Å². The monoisotopic (exact) mass is 399 g/mol. The lowest BCUT2D eigenvalue weighted by Gasteiger charge is -2.15. The summed E-state index contributed by atoms with van der Waals surface area (Å²) in [6.45, 7) is 1.47. The van der Waals surface area contributed by atoms with Gasteiger partial charge in [-0.15, -0.1) is 0 Å². The Morgan fingerprint density at radius 2 is 1.68 bits per heavy atom. The summed E-state index contributed by atoms with van der Waals surface area (Å²) in [7, 11) is 0. The summed E-state index contributed by atoms with van der Waals surface area (Å²) < 4.78 is 5.12. The first-order valence-corrected chi connectivity index (χ1v) is 8.71. The summed E-state index contributed by atoms with van der Waals surface area (Å²) in [5.41, 5.74) is 1.15. The molecular formula is C18H16Cl3NO3. The normalized spacial score (nSPS) is 11.7. The molecule has 0 saturated heterocycles. The average Bonchev–Trinajstić information content (AvgIpc) is 2.59. The molecule has 2 aromatic rings. The van der Waals surface area contributed by atoms with Gasteiger partial charge in [-0.3, -0.25) is 9.59 Å². The van der Waals surface area contributed by atoms with Crippen LogP contribution in [0.1, 0.15) is 24.8 Å². The summed E-state index contributed by atoms with van der Waals surface area (Å²) in [6.07, 6.45) is 0.573. The van der Waals surface area contributed by atoms with Gasteiger partial charge in [-0.25, -0.2) is 0 Å². The molecule has 0 aliphatic carbocycles. The summed E-state index contributed by atoms with van der Waals surface area (Å²) in [6, 6.07) is 12.1. The number of nitrogens with one attached hydrogen (secondary N) is 1. The highest BCUT2D eigenvalue weighted by Crippen LogP contribution is 2.32. The van der Waals surface area contributed by atoms with Gasteiger partial charge in [0.15, 0.2) is 6.61 Å². The number of carbonyl (C=O) groups is 2. The SMILES string of the molecule is CC[C@H](C(=O)OCC(=O)Nc1cc(Cl)c(Cl)cc1Cl)c1ccccc1. The van der Waals surface area contributed by atoms with Crippen molar-refractivity contribution >= 4 is 52.4 Å². The highest BCUT2D eigenvalue weighted by atomic mass is 35.5. The molecule has 2 rings (SSSR count). The first kappa shape index (κ1) is 19.6. The van der Waals surface area contributed by atoms with E-state index in [2.05, 4.69) is 5.32 Å². The number of hydrogen-bond acceptors (Lipinski definition) is 3. The Bertz CT molecular complexity index is 766. The lowest BCUT2D eigenvalue weighted by molar-refractivity contribution is -0.149.